The summed E-state index contributed by atoms with van der Waals surface area (Å²) < 4.78 is 1.51. The molecule has 0 aliphatic heterocycles. The van der Waals surface area contributed by atoms with Gasteiger partial charge in [-0.25, -0.2) is 0 Å². The number of hydrogen-bond donors (Lipinski definition) is 2. The van der Waals surface area contributed by atoms with E-state index in [2.05, 4.69) is 20.6 Å². The molecule has 7 nitrogen and oxygen atoms in total. The number of aromatic amines is 1. The molecule has 118 valence electrons. The van der Waals surface area contributed by atoms with Crippen LogP contribution in [-0.2, 0) is 11.3 Å². The van der Waals surface area contributed by atoms with Crippen LogP contribution in [0.4, 0.5) is 5.69 Å². The molecule has 0 unspecified atom stereocenters. The smallest absolute Gasteiger partial charge is 0.246 e. The molecule has 0 fully saturated rings. The zero-order valence-electron chi connectivity index (χ0n) is 12.6. The standard InChI is InChI=1S/C17H13N5O2/c23-15-9-19-22(14-7-2-1-5-12(14)15)10-16(24)20-13-6-3-4-11-8-18-21-17(11)13/h1-9H,10H2,(H,18,21)(H,20,24). The van der Waals surface area contributed by atoms with Crippen LogP contribution in [0.1, 0.15) is 0 Å². The van der Waals surface area contributed by atoms with Crippen molar-refractivity contribution in [2.45, 2.75) is 6.54 Å². The van der Waals surface area contributed by atoms with Gasteiger partial charge < -0.3 is 5.32 Å². The minimum absolute atomic E-state index is 0.00528. The first-order chi connectivity index (χ1) is 11.7. The van der Waals surface area contributed by atoms with E-state index in [4.69, 9.17) is 0 Å². The molecule has 0 spiro atoms. The van der Waals surface area contributed by atoms with Gasteiger partial charge in [0.2, 0.25) is 11.3 Å². The van der Waals surface area contributed by atoms with E-state index in [-0.39, 0.29) is 17.9 Å². The van der Waals surface area contributed by atoms with Gasteiger partial charge in [-0.05, 0) is 18.2 Å². The Hall–Kier alpha value is -3.48. The zero-order valence-corrected chi connectivity index (χ0v) is 12.6. The Labute approximate surface area is 135 Å². The first-order valence-electron chi connectivity index (χ1n) is 7.39. The van der Waals surface area contributed by atoms with Crippen LogP contribution < -0.4 is 10.7 Å². The molecule has 2 aromatic heterocycles. The number of aromatic nitrogens is 4. The third kappa shape index (κ3) is 2.41. The van der Waals surface area contributed by atoms with Gasteiger partial charge in [0, 0.05) is 10.8 Å². The molecule has 2 heterocycles. The van der Waals surface area contributed by atoms with Crippen LogP contribution in [0.15, 0.2) is 59.7 Å². The highest BCUT2D eigenvalue weighted by molar-refractivity contribution is 6.00. The molecular formula is C17H13N5O2. The number of benzene rings is 2. The molecule has 24 heavy (non-hydrogen) atoms. The van der Waals surface area contributed by atoms with Crippen molar-refractivity contribution in [3.05, 3.63) is 65.1 Å². The minimum Gasteiger partial charge on any atom is -0.323 e. The number of amides is 1. The lowest BCUT2D eigenvalue weighted by Crippen LogP contribution is -2.22. The fourth-order valence-electron chi connectivity index (χ4n) is 2.69. The summed E-state index contributed by atoms with van der Waals surface area (Å²) in [5.74, 6) is -0.238. The maximum Gasteiger partial charge on any atom is 0.246 e. The van der Waals surface area contributed by atoms with Crippen LogP contribution in [-0.4, -0.2) is 25.9 Å². The summed E-state index contributed by atoms with van der Waals surface area (Å²) in [6.45, 7) is 0.00528. The van der Waals surface area contributed by atoms with E-state index in [0.717, 1.165) is 10.9 Å². The number of hydrogen-bond acceptors (Lipinski definition) is 4. The van der Waals surface area contributed by atoms with Crippen LogP contribution in [0.2, 0.25) is 0 Å². The molecule has 4 aromatic rings. The van der Waals surface area contributed by atoms with Gasteiger partial charge in [0.25, 0.3) is 0 Å². The van der Waals surface area contributed by atoms with Crippen molar-refractivity contribution in [1.82, 2.24) is 20.0 Å². The van der Waals surface area contributed by atoms with Crippen LogP contribution in [0, 0.1) is 0 Å². The molecule has 0 radical (unpaired) electrons. The molecule has 0 saturated heterocycles. The summed E-state index contributed by atoms with van der Waals surface area (Å²) in [6.07, 6.45) is 2.92. The highest BCUT2D eigenvalue weighted by Gasteiger charge is 2.10. The second-order valence-corrected chi connectivity index (χ2v) is 5.37. The normalized spacial score (nSPS) is 11.0. The van der Waals surface area contributed by atoms with E-state index in [1.54, 1.807) is 30.5 Å². The second-order valence-electron chi connectivity index (χ2n) is 5.37. The van der Waals surface area contributed by atoms with Crippen molar-refractivity contribution in [2.24, 2.45) is 0 Å². The van der Waals surface area contributed by atoms with Crippen molar-refractivity contribution in [3.63, 3.8) is 0 Å². The number of H-pyrrole nitrogens is 1. The second kappa shape index (κ2) is 5.62. The van der Waals surface area contributed by atoms with Gasteiger partial charge in [0.15, 0.2) is 0 Å². The van der Waals surface area contributed by atoms with Crippen molar-refractivity contribution in [1.29, 1.82) is 0 Å². The summed E-state index contributed by atoms with van der Waals surface area (Å²) in [5, 5.41) is 15.2. The van der Waals surface area contributed by atoms with E-state index >= 15 is 0 Å². The van der Waals surface area contributed by atoms with E-state index in [1.165, 1.54) is 10.9 Å². The SMILES string of the molecule is O=C(Cn1ncc(=O)c2ccccc21)Nc1cccc2cn[nH]c12. The third-order valence-corrected chi connectivity index (χ3v) is 3.81. The average molecular weight is 319 g/mol. The Kier molecular flexibility index (Phi) is 3.31. The van der Waals surface area contributed by atoms with Crippen molar-refractivity contribution in [3.8, 4) is 0 Å². The number of carbonyl (C=O) groups excluding carboxylic acids is 1. The number of fused-ring (bicyclic) bond motifs is 2. The number of rotatable bonds is 3. The topological polar surface area (TPSA) is 92.7 Å². The molecule has 4 rings (SSSR count). The van der Waals surface area contributed by atoms with Crippen LogP contribution in [0.3, 0.4) is 0 Å². The molecule has 7 heteroatoms. The van der Waals surface area contributed by atoms with Gasteiger partial charge in [-0.3, -0.25) is 19.4 Å². The maximum absolute atomic E-state index is 12.4. The molecule has 2 aromatic carbocycles. The Morgan fingerprint density at radius 1 is 1.12 bits per heavy atom. The molecular weight excluding hydrogens is 306 g/mol. The first-order valence-corrected chi connectivity index (χ1v) is 7.39. The van der Waals surface area contributed by atoms with Crippen molar-refractivity contribution >= 4 is 33.4 Å². The van der Waals surface area contributed by atoms with E-state index < -0.39 is 0 Å². The Balaban J connectivity index is 1.64. The summed E-state index contributed by atoms with van der Waals surface area (Å²) in [7, 11) is 0. The monoisotopic (exact) mass is 319 g/mol. The van der Waals surface area contributed by atoms with Gasteiger partial charge in [-0.15, -0.1) is 0 Å². The Morgan fingerprint density at radius 2 is 2.00 bits per heavy atom. The van der Waals surface area contributed by atoms with Crippen LogP contribution in [0.5, 0.6) is 0 Å². The molecule has 0 aliphatic rings. The lowest BCUT2D eigenvalue weighted by Gasteiger charge is -2.10. The van der Waals surface area contributed by atoms with E-state index in [9.17, 15) is 9.59 Å². The minimum atomic E-state index is -0.238. The highest BCUT2D eigenvalue weighted by Crippen LogP contribution is 2.20. The lowest BCUT2D eigenvalue weighted by molar-refractivity contribution is -0.116. The van der Waals surface area contributed by atoms with Gasteiger partial charge in [-0.1, -0.05) is 24.3 Å². The van der Waals surface area contributed by atoms with Crippen molar-refractivity contribution in [2.75, 3.05) is 5.32 Å². The predicted molar refractivity (Wildman–Crippen MR) is 90.7 cm³/mol. The van der Waals surface area contributed by atoms with Crippen LogP contribution in [0.25, 0.3) is 21.8 Å². The third-order valence-electron chi connectivity index (χ3n) is 3.81. The average Bonchev–Trinajstić information content (AvgIpc) is 3.07. The van der Waals surface area contributed by atoms with Crippen molar-refractivity contribution < 1.29 is 4.79 Å². The first kappa shape index (κ1) is 14.1. The quantitative estimate of drug-likeness (QED) is 0.603. The van der Waals surface area contributed by atoms with Crippen LogP contribution >= 0.6 is 0 Å². The number of carbonyl (C=O) groups is 1. The maximum atomic E-state index is 12.4. The summed E-state index contributed by atoms with van der Waals surface area (Å²) in [4.78, 5) is 24.2. The van der Waals surface area contributed by atoms with Gasteiger partial charge in [-0.2, -0.15) is 10.2 Å². The molecule has 0 bridgehead atoms. The van der Waals surface area contributed by atoms with E-state index in [0.29, 0.717) is 16.6 Å². The molecule has 0 saturated carbocycles. The van der Waals surface area contributed by atoms with E-state index in [1.807, 2.05) is 18.2 Å². The fourth-order valence-corrected chi connectivity index (χ4v) is 2.69. The van der Waals surface area contributed by atoms with Gasteiger partial charge in [0.1, 0.15) is 6.54 Å². The number of nitrogens with one attached hydrogen (secondary N) is 2. The fraction of sp³-hybridized carbons (Fsp3) is 0.0588. The zero-order chi connectivity index (χ0) is 16.5. The molecule has 1 amide bonds. The van der Waals surface area contributed by atoms with Gasteiger partial charge >= 0.3 is 0 Å². The molecule has 0 aliphatic carbocycles. The number of anilines is 1. The number of para-hydroxylation sites is 2. The Bertz CT molecular complexity index is 1110. The summed E-state index contributed by atoms with van der Waals surface area (Å²) >= 11 is 0. The molecule has 2 N–H and O–H groups in total. The summed E-state index contributed by atoms with van der Waals surface area (Å²) in [6, 6.07) is 12.6. The molecule has 0 atom stereocenters. The largest absolute Gasteiger partial charge is 0.323 e. The van der Waals surface area contributed by atoms with Gasteiger partial charge in [0.05, 0.1) is 29.1 Å². The number of nitrogens with zero attached hydrogens (tertiary/aromatic N) is 3. The lowest BCUT2D eigenvalue weighted by atomic mass is 10.2. The summed E-state index contributed by atoms with van der Waals surface area (Å²) in [5.41, 5.74) is 1.88. The predicted octanol–water partition coefficient (Wildman–Crippen LogP) is 1.91. The highest BCUT2D eigenvalue weighted by atomic mass is 16.2. The Morgan fingerprint density at radius 3 is 2.92 bits per heavy atom.